The number of hydrogen-bond acceptors (Lipinski definition) is 2. The number of halogens is 3. The van der Waals surface area contributed by atoms with Crippen molar-refractivity contribution in [1.29, 1.82) is 0 Å². The average Bonchev–Trinajstić information content (AvgIpc) is 2.24. The van der Waals surface area contributed by atoms with Crippen molar-refractivity contribution in [3.63, 3.8) is 0 Å². The lowest BCUT2D eigenvalue weighted by atomic mass is 10.2. The number of aromatic nitrogens is 1. The molecule has 2 rings (SSSR count). The number of alkyl halides is 2. The van der Waals surface area contributed by atoms with Gasteiger partial charge in [-0.05, 0) is 28.7 Å². The van der Waals surface area contributed by atoms with E-state index in [0.29, 0.717) is 3.57 Å². The predicted octanol–water partition coefficient (Wildman–Crippen LogP) is 1.73. The molecule has 1 aliphatic heterocycles. The highest BCUT2D eigenvalue weighted by atomic mass is 127. The number of pyridine rings is 1. The van der Waals surface area contributed by atoms with Gasteiger partial charge in [-0.3, -0.25) is 4.79 Å². The molecule has 0 unspecified atom stereocenters. The Morgan fingerprint density at radius 2 is 2.23 bits per heavy atom. The maximum atomic E-state index is 13.1. The highest BCUT2D eigenvalue weighted by molar-refractivity contribution is 14.1. The third kappa shape index (κ3) is 1.11. The van der Waals surface area contributed by atoms with Crippen molar-refractivity contribution in [1.82, 2.24) is 4.98 Å². The topological polar surface area (TPSA) is 42.0 Å². The highest BCUT2D eigenvalue weighted by Crippen LogP contribution is 2.41. The fourth-order valence-electron chi connectivity index (χ4n) is 1.13. The van der Waals surface area contributed by atoms with Crippen LogP contribution in [0.25, 0.3) is 0 Å². The van der Waals surface area contributed by atoms with Crippen molar-refractivity contribution >= 4 is 34.3 Å². The molecular formula is C7H3F2IN2O. The molecule has 0 fully saturated rings. The molecule has 1 aliphatic rings. The summed E-state index contributed by atoms with van der Waals surface area (Å²) in [5.41, 5.74) is -0.319. The van der Waals surface area contributed by atoms with Crippen molar-refractivity contribution in [2.24, 2.45) is 0 Å². The molecule has 6 heteroatoms. The molecule has 2 heterocycles. The van der Waals surface area contributed by atoms with Gasteiger partial charge in [0.15, 0.2) is 0 Å². The fourth-order valence-corrected chi connectivity index (χ4v) is 1.89. The lowest BCUT2D eigenvalue weighted by Crippen LogP contribution is -2.24. The SMILES string of the molecule is O=C1Nc2nccc(I)c2C1(F)F. The van der Waals surface area contributed by atoms with E-state index in [9.17, 15) is 13.6 Å². The molecule has 1 aromatic heterocycles. The molecule has 13 heavy (non-hydrogen) atoms. The first-order valence-corrected chi connectivity index (χ1v) is 4.45. The third-order valence-corrected chi connectivity index (χ3v) is 2.63. The molecule has 0 saturated carbocycles. The van der Waals surface area contributed by atoms with E-state index in [2.05, 4.69) is 4.98 Å². The first-order valence-electron chi connectivity index (χ1n) is 3.37. The second-order valence-electron chi connectivity index (χ2n) is 2.54. The Morgan fingerprint density at radius 3 is 2.85 bits per heavy atom. The van der Waals surface area contributed by atoms with E-state index in [1.165, 1.54) is 12.3 Å². The molecule has 0 radical (unpaired) electrons. The van der Waals surface area contributed by atoms with E-state index in [0.717, 1.165) is 0 Å². The summed E-state index contributed by atoms with van der Waals surface area (Å²) in [5, 5.41) is 2.02. The molecule has 0 spiro atoms. The number of nitrogens with one attached hydrogen (secondary N) is 1. The van der Waals surface area contributed by atoms with Gasteiger partial charge >= 0.3 is 11.8 Å². The van der Waals surface area contributed by atoms with Crippen LogP contribution in [-0.2, 0) is 10.7 Å². The summed E-state index contributed by atoms with van der Waals surface area (Å²) in [6.45, 7) is 0. The Kier molecular flexibility index (Phi) is 1.76. The smallest absolute Gasteiger partial charge is 0.305 e. The molecule has 0 saturated heterocycles. The van der Waals surface area contributed by atoms with Gasteiger partial charge in [-0.25, -0.2) is 4.98 Å². The summed E-state index contributed by atoms with van der Waals surface area (Å²) < 4.78 is 26.6. The molecule has 1 amide bonds. The third-order valence-electron chi connectivity index (χ3n) is 1.73. The summed E-state index contributed by atoms with van der Waals surface area (Å²) in [5.74, 6) is -4.79. The van der Waals surface area contributed by atoms with Gasteiger partial charge in [0.05, 0.1) is 5.56 Å². The lowest BCUT2D eigenvalue weighted by molar-refractivity contribution is -0.139. The molecule has 0 atom stereocenters. The molecule has 68 valence electrons. The fraction of sp³-hybridized carbons (Fsp3) is 0.143. The molecular weight excluding hydrogens is 293 g/mol. The number of hydrogen-bond donors (Lipinski definition) is 1. The van der Waals surface area contributed by atoms with Crippen molar-refractivity contribution in [3.8, 4) is 0 Å². The van der Waals surface area contributed by atoms with Crippen molar-refractivity contribution in [2.45, 2.75) is 5.92 Å². The van der Waals surface area contributed by atoms with Gasteiger partial charge in [-0.1, -0.05) is 0 Å². The summed E-state index contributed by atoms with van der Waals surface area (Å²) in [4.78, 5) is 14.4. The highest BCUT2D eigenvalue weighted by Gasteiger charge is 2.50. The summed E-state index contributed by atoms with van der Waals surface area (Å²) >= 11 is 1.75. The van der Waals surface area contributed by atoms with E-state index in [1.54, 1.807) is 22.6 Å². The second-order valence-corrected chi connectivity index (χ2v) is 3.71. The minimum absolute atomic E-state index is 0.0399. The van der Waals surface area contributed by atoms with Gasteiger partial charge in [-0.2, -0.15) is 8.78 Å². The van der Waals surface area contributed by atoms with Gasteiger partial charge in [0.2, 0.25) is 0 Å². The largest absolute Gasteiger partial charge is 0.354 e. The van der Waals surface area contributed by atoms with Crippen LogP contribution in [-0.4, -0.2) is 10.9 Å². The Balaban J connectivity index is 2.70. The van der Waals surface area contributed by atoms with Crippen LogP contribution in [0.3, 0.4) is 0 Å². The number of amides is 1. The van der Waals surface area contributed by atoms with E-state index in [1.807, 2.05) is 5.32 Å². The Morgan fingerprint density at radius 1 is 1.54 bits per heavy atom. The summed E-state index contributed by atoms with van der Waals surface area (Å²) in [6.07, 6.45) is 1.38. The second kappa shape index (κ2) is 2.60. The van der Waals surface area contributed by atoms with Gasteiger partial charge in [-0.15, -0.1) is 0 Å². The Labute approximate surface area is 85.7 Å². The van der Waals surface area contributed by atoms with E-state index < -0.39 is 11.8 Å². The maximum Gasteiger partial charge on any atom is 0.354 e. The number of rotatable bonds is 0. The zero-order valence-electron chi connectivity index (χ0n) is 6.14. The molecule has 3 nitrogen and oxygen atoms in total. The standard InChI is InChI=1S/C7H3F2IN2O/c8-7(9)4-3(10)1-2-11-5(4)12-6(7)13/h1-2H,(H,11,12,13). The average molecular weight is 296 g/mol. The quantitative estimate of drug-likeness (QED) is 0.741. The van der Waals surface area contributed by atoms with Crippen LogP contribution in [0.5, 0.6) is 0 Å². The van der Waals surface area contributed by atoms with Crippen molar-refractivity contribution in [3.05, 3.63) is 21.4 Å². The van der Waals surface area contributed by atoms with Crippen LogP contribution in [0.1, 0.15) is 5.56 Å². The van der Waals surface area contributed by atoms with Crippen LogP contribution in [0.15, 0.2) is 12.3 Å². The molecule has 0 bridgehead atoms. The van der Waals surface area contributed by atoms with E-state index in [-0.39, 0.29) is 11.4 Å². The predicted molar refractivity (Wildman–Crippen MR) is 49.5 cm³/mol. The Bertz CT molecular complexity index is 394. The van der Waals surface area contributed by atoms with Gasteiger partial charge in [0.1, 0.15) is 5.82 Å². The summed E-state index contributed by atoms with van der Waals surface area (Å²) in [7, 11) is 0. The van der Waals surface area contributed by atoms with Gasteiger partial charge < -0.3 is 5.32 Å². The molecule has 1 N–H and O–H groups in total. The van der Waals surface area contributed by atoms with Gasteiger partial charge in [0, 0.05) is 9.77 Å². The van der Waals surface area contributed by atoms with Crippen LogP contribution in [0.2, 0.25) is 0 Å². The monoisotopic (exact) mass is 296 g/mol. The number of nitrogens with zero attached hydrogens (tertiary/aromatic N) is 1. The van der Waals surface area contributed by atoms with E-state index in [4.69, 9.17) is 0 Å². The van der Waals surface area contributed by atoms with Crippen molar-refractivity contribution in [2.75, 3.05) is 5.32 Å². The minimum Gasteiger partial charge on any atom is -0.305 e. The van der Waals surface area contributed by atoms with Gasteiger partial charge in [0.25, 0.3) is 0 Å². The first kappa shape index (κ1) is 8.79. The van der Waals surface area contributed by atoms with Crippen LogP contribution < -0.4 is 5.32 Å². The van der Waals surface area contributed by atoms with Crippen LogP contribution >= 0.6 is 22.6 Å². The molecule has 1 aromatic rings. The normalized spacial score (nSPS) is 18.2. The van der Waals surface area contributed by atoms with Crippen molar-refractivity contribution < 1.29 is 13.6 Å². The lowest BCUT2D eigenvalue weighted by Gasteiger charge is -2.06. The number of fused-ring (bicyclic) bond motifs is 1. The van der Waals surface area contributed by atoms with E-state index >= 15 is 0 Å². The first-order chi connectivity index (χ1) is 6.03. The Hall–Kier alpha value is -0.790. The molecule has 0 aliphatic carbocycles. The number of carbonyl (C=O) groups excluding carboxylic acids is 1. The minimum atomic E-state index is -3.44. The molecule has 0 aromatic carbocycles. The zero-order chi connectivity index (χ0) is 9.64. The maximum absolute atomic E-state index is 13.1. The number of anilines is 1. The van der Waals surface area contributed by atoms with Crippen LogP contribution in [0, 0.1) is 3.57 Å². The van der Waals surface area contributed by atoms with Crippen LogP contribution in [0.4, 0.5) is 14.6 Å². The zero-order valence-corrected chi connectivity index (χ0v) is 8.30. The number of carbonyl (C=O) groups is 1. The summed E-state index contributed by atoms with van der Waals surface area (Å²) in [6, 6.07) is 1.44.